The molecule has 1 aromatic heterocycles. The van der Waals surface area contributed by atoms with Gasteiger partial charge in [0.2, 0.25) is 0 Å². The fraction of sp³-hybridized carbons (Fsp3) is 0.500. The average Bonchev–Trinajstić information content (AvgIpc) is 2.20. The molecule has 0 aromatic carbocycles. The lowest BCUT2D eigenvalue weighted by molar-refractivity contribution is 0.933. The highest BCUT2D eigenvalue weighted by Crippen LogP contribution is 2.21. The molecule has 0 radical (unpaired) electrons. The highest BCUT2D eigenvalue weighted by atomic mass is 35.5. The Bertz CT molecular complexity index is 384. The molecule has 14 heavy (non-hydrogen) atoms. The van der Waals surface area contributed by atoms with Gasteiger partial charge in [0, 0.05) is 4.91 Å². The molecule has 1 rings (SSSR count). The molecule has 0 fully saturated rings. The zero-order chi connectivity index (χ0) is 10.6. The number of hydrogen-bond donors (Lipinski definition) is 0. The zero-order valence-corrected chi connectivity index (χ0v) is 8.78. The van der Waals surface area contributed by atoms with Gasteiger partial charge in [0.25, 0.3) is 0 Å². The van der Waals surface area contributed by atoms with Crippen LogP contribution < -0.4 is 0 Å². The van der Waals surface area contributed by atoms with Gasteiger partial charge in [0.15, 0.2) is 5.15 Å². The largest absolute Gasteiger partial charge is 0.246 e. The van der Waals surface area contributed by atoms with Crippen LogP contribution in [0.25, 0.3) is 10.4 Å². The van der Waals surface area contributed by atoms with Gasteiger partial charge in [-0.05, 0) is 23.5 Å². The molecule has 0 aliphatic rings. The summed E-state index contributed by atoms with van der Waals surface area (Å²) in [6, 6.07) is 0. The van der Waals surface area contributed by atoms with Crippen molar-refractivity contribution in [3.05, 3.63) is 27.0 Å². The van der Waals surface area contributed by atoms with Crippen molar-refractivity contribution in [1.82, 2.24) is 9.97 Å². The minimum absolute atomic E-state index is 0.330. The Balaban J connectivity index is 3.31. The fourth-order valence-electron chi connectivity index (χ4n) is 1.06. The van der Waals surface area contributed by atoms with Crippen LogP contribution in [-0.4, -0.2) is 9.97 Å². The number of rotatable bonds is 3. The second-order valence-electron chi connectivity index (χ2n) is 2.63. The molecular formula is C8H10ClN5. The number of azide groups is 1. The zero-order valence-electron chi connectivity index (χ0n) is 8.03. The molecule has 1 aromatic rings. The smallest absolute Gasteiger partial charge is 0.150 e. The number of aryl methyl sites for hydroxylation is 2. The van der Waals surface area contributed by atoms with Crippen molar-refractivity contribution in [2.24, 2.45) is 5.11 Å². The van der Waals surface area contributed by atoms with E-state index in [1.54, 1.807) is 0 Å². The summed E-state index contributed by atoms with van der Waals surface area (Å²) < 4.78 is 0. The van der Waals surface area contributed by atoms with Crippen LogP contribution in [0.2, 0.25) is 5.15 Å². The van der Waals surface area contributed by atoms with Gasteiger partial charge in [0.1, 0.15) is 5.82 Å². The normalized spacial score (nSPS) is 9.64. The van der Waals surface area contributed by atoms with Crippen LogP contribution in [0.5, 0.6) is 0 Å². The summed E-state index contributed by atoms with van der Waals surface area (Å²) in [6.45, 7) is 3.82. The lowest BCUT2D eigenvalue weighted by Crippen LogP contribution is -1.97. The first-order valence-electron chi connectivity index (χ1n) is 4.33. The summed E-state index contributed by atoms with van der Waals surface area (Å²) in [4.78, 5) is 11.0. The quantitative estimate of drug-likeness (QED) is 0.437. The molecule has 0 amide bonds. The van der Waals surface area contributed by atoms with Crippen LogP contribution in [0.15, 0.2) is 5.11 Å². The van der Waals surface area contributed by atoms with Crippen LogP contribution >= 0.6 is 11.6 Å². The maximum absolute atomic E-state index is 8.33. The predicted molar refractivity (Wildman–Crippen MR) is 54.6 cm³/mol. The third-order valence-electron chi connectivity index (χ3n) is 1.78. The van der Waals surface area contributed by atoms with E-state index in [9.17, 15) is 0 Å². The van der Waals surface area contributed by atoms with Gasteiger partial charge in [-0.25, -0.2) is 9.97 Å². The monoisotopic (exact) mass is 211 g/mol. The molecule has 0 aliphatic heterocycles. The first-order chi connectivity index (χ1) is 6.72. The number of aromatic nitrogens is 2. The summed E-state index contributed by atoms with van der Waals surface area (Å²) in [5, 5.41) is 3.87. The molecular weight excluding hydrogens is 202 g/mol. The molecule has 5 nitrogen and oxygen atoms in total. The van der Waals surface area contributed by atoms with Crippen LogP contribution in [0.3, 0.4) is 0 Å². The topological polar surface area (TPSA) is 74.5 Å². The summed E-state index contributed by atoms with van der Waals surface area (Å²) in [7, 11) is 0. The fourth-order valence-corrected chi connectivity index (χ4v) is 1.33. The Morgan fingerprint density at radius 1 is 1.29 bits per heavy atom. The molecule has 0 saturated carbocycles. The standard InChI is InChI=1S/C8H10ClN5/c1-3-5-7(9)11-6(4-2)8(12-5)13-14-10/h3-4H2,1-2H3. The van der Waals surface area contributed by atoms with Crippen molar-refractivity contribution in [1.29, 1.82) is 0 Å². The molecule has 0 spiro atoms. The molecule has 0 atom stereocenters. The van der Waals surface area contributed by atoms with E-state index < -0.39 is 0 Å². The van der Waals surface area contributed by atoms with E-state index in [2.05, 4.69) is 20.0 Å². The van der Waals surface area contributed by atoms with Crippen LogP contribution in [0.4, 0.5) is 5.82 Å². The molecule has 0 N–H and O–H groups in total. The minimum atomic E-state index is 0.330. The summed E-state index contributed by atoms with van der Waals surface area (Å²) in [5.74, 6) is 0.330. The first-order valence-corrected chi connectivity index (χ1v) is 4.71. The lowest BCUT2D eigenvalue weighted by Gasteiger charge is -2.04. The van der Waals surface area contributed by atoms with Crippen LogP contribution in [0, 0.1) is 0 Å². The summed E-state index contributed by atoms with van der Waals surface area (Å²) >= 11 is 5.87. The highest BCUT2D eigenvalue weighted by molar-refractivity contribution is 6.30. The third-order valence-corrected chi connectivity index (χ3v) is 2.08. The van der Waals surface area contributed by atoms with Crippen molar-refractivity contribution < 1.29 is 0 Å². The van der Waals surface area contributed by atoms with Gasteiger partial charge < -0.3 is 0 Å². The number of halogens is 1. The molecule has 0 aliphatic carbocycles. The molecule has 74 valence electrons. The molecule has 6 heteroatoms. The van der Waals surface area contributed by atoms with E-state index >= 15 is 0 Å². The van der Waals surface area contributed by atoms with Crippen molar-refractivity contribution in [3.8, 4) is 0 Å². The van der Waals surface area contributed by atoms with E-state index in [0.29, 0.717) is 35.2 Å². The van der Waals surface area contributed by atoms with Crippen LogP contribution in [0.1, 0.15) is 25.2 Å². The maximum atomic E-state index is 8.33. The van der Waals surface area contributed by atoms with Gasteiger partial charge in [-0.1, -0.05) is 25.4 Å². The van der Waals surface area contributed by atoms with Crippen molar-refractivity contribution >= 4 is 17.4 Å². The Morgan fingerprint density at radius 2 is 1.93 bits per heavy atom. The van der Waals surface area contributed by atoms with E-state index in [1.165, 1.54) is 0 Å². The molecule has 1 heterocycles. The van der Waals surface area contributed by atoms with Gasteiger partial charge in [-0.2, -0.15) is 0 Å². The van der Waals surface area contributed by atoms with Crippen LogP contribution in [-0.2, 0) is 12.8 Å². The molecule has 0 saturated heterocycles. The number of hydrogen-bond acceptors (Lipinski definition) is 3. The SMILES string of the molecule is CCc1nc(N=[N+]=[N-])c(CC)nc1Cl. The van der Waals surface area contributed by atoms with Gasteiger partial charge >= 0.3 is 0 Å². The second kappa shape index (κ2) is 4.79. The number of nitrogens with zero attached hydrogens (tertiary/aromatic N) is 5. The predicted octanol–water partition coefficient (Wildman–Crippen LogP) is 3.20. The van der Waals surface area contributed by atoms with E-state index in [-0.39, 0.29) is 0 Å². The van der Waals surface area contributed by atoms with Crippen molar-refractivity contribution in [3.63, 3.8) is 0 Å². The Labute approximate surface area is 86.8 Å². The third kappa shape index (κ3) is 2.13. The highest BCUT2D eigenvalue weighted by Gasteiger charge is 2.08. The Hall–Kier alpha value is -1.32. The Morgan fingerprint density at radius 3 is 2.43 bits per heavy atom. The maximum Gasteiger partial charge on any atom is 0.150 e. The van der Waals surface area contributed by atoms with Gasteiger partial charge in [-0.15, -0.1) is 0 Å². The first kappa shape index (κ1) is 10.8. The second-order valence-corrected chi connectivity index (χ2v) is 2.99. The van der Waals surface area contributed by atoms with E-state index in [4.69, 9.17) is 17.1 Å². The Kier molecular flexibility index (Phi) is 3.68. The van der Waals surface area contributed by atoms with Gasteiger partial charge in [0.05, 0.1) is 11.4 Å². The summed E-state index contributed by atoms with van der Waals surface area (Å²) in [6.07, 6.45) is 1.31. The lowest BCUT2D eigenvalue weighted by atomic mass is 10.3. The molecule has 0 bridgehead atoms. The summed E-state index contributed by atoms with van der Waals surface area (Å²) in [5.41, 5.74) is 9.62. The molecule has 0 unspecified atom stereocenters. The van der Waals surface area contributed by atoms with Crippen molar-refractivity contribution in [2.75, 3.05) is 0 Å². The van der Waals surface area contributed by atoms with E-state index in [1.807, 2.05) is 13.8 Å². The van der Waals surface area contributed by atoms with Crippen molar-refractivity contribution in [2.45, 2.75) is 26.7 Å². The average molecular weight is 212 g/mol. The van der Waals surface area contributed by atoms with E-state index in [0.717, 1.165) is 0 Å². The van der Waals surface area contributed by atoms with Gasteiger partial charge in [-0.3, -0.25) is 0 Å². The minimum Gasteiger partial charge on any atom is -0.246 e.